The average molecular weight is 290 g/mol. The fourth-order valence-corrected chi connectivity index (χ4v) is 2.32. The molecule has 2 heteroatoms. The Bertz CT molecular complexity index is 679. The number of benzene rings is 1. The van der Waals surface area contributed by atoms with Gasteiger partial charge < -0.3 is 0 Å². The van der Waals surface area contributed by atoms with Crippen LogP contribution in [0.2, 0.25) is 0 Å². The molecule has 0 aliphatic heterocycles. The molecular weight excluding hydrogens is 268 g/mol. The van der Waals surface area contributed by atoms with E-state index in [-0.39, 0.29) is 0 Å². The van der Waals surface area contributed by atoms with Crippen molar-refractivity contribution in [3.8, 4) is 12.1 Å². The number of hydrogen-bond acceptors (Lipinski definition) is 2. The summed E-state index contributed by atoms with van der Waals surface area (Å²) in [5.74, 6) is 0. The predicted molar refractivity (Wildman–Crippen MR) is 91.9 cm³/mol. The van der Waals surface area contributed by atoms with Gasteiger partial charge in [0.25, 0.3) is 0 Å². The van der Waals surface area contributed by atoms with Gasteiger partial charge in [0.15, 0.2) is 0 Å². The molecule has 0 saturated heterocycles. The van der Waals surface area contributed by atoms with Gasteiger partial charge in [0.05, 0.1) is 17.7 Å². The lowest BCUT2D eigenvalue weighted by Gasteiger charge is -2.12. The number of allylic oxidation sites excluding steroid dienone is 3. The molecule has 0 fully saturated rings. The van der Waals surface area contributed by atoms with E-state index in [9.17, 15) is 0 Å². The molecule has 22 heavy (non-hydrogen) atoms. The third kappa shape index (κ3) is 4.76. The van der Waals surface area contributed by atoms with Crippen molar-refractivity contribution < 1.29 is 0 Å². The van der Waals surface area contributed by atoms with Crippen LogP contribution in [0.15, 0.2) is 48.1 Å². The zero-order valence-electron chi connectivity index (χ0n) is 13.4. The van der Waals surface area contributed by atoms with Gasteiger partial charge in [-0.2, -0.15) is 10.5 Å². The predicted octanol–water partition coefficient (Wildman–Crippen LogP) is 5.33. The highest BCUT2D eigenvalue weighted by atomic mass is 14.2. The van der Waals surface area contributed by atoms with Crippen LogP contribution in [-0.2, 0) is 6.42 Å². The van der Waals surface area contributed by atoms with Gasteiger partial charge in [-0.05, 0) is 66.7 Å². The molecule has 2 nitrogen and oxygen atoms in total. The van der Waals surface area contributed by atoms with Crippen LogP contribution < -0.4 is 0 Å². The molecule has 1 aromatic carbocycles. The minimum Gasteiger partial charge on any atom is -0.198 e. The number of nitriles is 2. The summed E-state index contributed by atoms with van der Waals surface area (Å²) in [7, 11) is 0. The number of nitrogens with zero attached hydrogens (tertiary/aromatic N) is 2. The largest absolute Gasteiger partial charge is 0.198 e. The highest BCUT2D eigenvalue weighted by Crippen LogP contribution is 2.26. The molecule has 0 saturated carbocycles. The molecule has 0 aliphatic carbocycles. The molecule has 0 N–H and O–H groups in total. The summed E-state index contributed by atoms with van der Waals surface area (Å²) in [6.07, 6.45) is 5.11. The first-order chi connectivity index (χ1) is 10.5. The quantitative estimate of drug-likeness (QED) is 0.503. The lowest BCUT2D eigenvalue weighted by Crippen LogP contribution is -1.94. The van der Waals surface area contributed by atoms with Crippen molar-refractivity contribution in [1.29, 1.82) is 10.5 Å². The van der Waals surface area contributed by atoms with Crippen molar-refractivity contribution in [2.45, 2.75) is 39.5 Å². The third-order valence-electron chi connectivity index (χ3n) is 3.56. The first-order valence-corrected chi connectivity index (χ1v) is 7.49. The standard InChI is InChI=1S/C20H22N2/c1-5-18-12-17(14-22)9-10-19(18)13-20(15(2)3)16(4)8-6-7-11-21/h9-10,12-13H,2,4-8H2,1,3H3/b20-13+. The lowest BCUT2D eigenvalue weighted by molar-refractivity contribution is 0.849. The second-order valence-electron chi connectivity index (χ2n) is 5.33. The number of hydrogen-bond donors (Lipinski definition) is 0. The fraction of sp³-hybridized carbons (Fsp3) is 0.300. The van der Waals surface area contributed by atoms with E-state index in [1.807, 2.05) is 25.1 Å². The topological polar surface area (TPSA) is 47.6 Å². The normalized spacial score (nSPS) is 10.6. The molecule has 0 radical (unpaired) electrons. The summed E-state index contributed by atoms with van der Waals surface area (Å²) < 4.78 is 0. The van der Waals surface area contributed by atoms with Crippen LogP contribution in [0.4, 0.5) is 0 Å². The molecule has 1 rings (SSSR count). The van der Waals surface area contributed by atoms with E-state index in [0.717, 1.165) is 47.1 Å². The zero-order valence-corrected chi connectivity index (χ0v) is 13.4. The Morgan fingerprint density at radius 2 is 2.00 bits per heavy atom. The number of unbranched alkanes of at least 4 members (excludes halogenated alkanes) is 1. The minimum atomic E-state index is 0.541. The first-order valence-electron chi connectivity index (χ1n) is 7.49. The summed E-state index contributed by atoms with van der Waals surface area (Å²) in [5, 5.41) is 17.6. The summed E-state index contributed by atoms with van der Waals surface area (Å²) in [6.45, 7) is 12.2. The van der Waals surface area contributed by atoms with Gasteiger partial charge in [0, 0.05) is 6.42 Å². The molecule has 0 spiro atoms. The number of aryl methyl sites for hydroxylation is 1. The van der Waals surface area contributed by atoms with Gasteiger partial charge >= 0.3 is 0 Å². The van der Waals surface area contributed by atoms with Crippen LogP contribution in [0.3, 0.4) is 0 Å². The van der Waals surface area contributed by atoms with E-state index in [2.05, 4.69) is 38.3 Å². The molecule has 0 amide bonds. The number of rotatable bonds is 7. The molecular formula is C20H22N2. The van der Waals surface area contributed by atoms with E-state index in [0.29, 0.717) is 12.0 Å². The summed E-state index contributed by atoms with van der Waals surface area (Å²) in [5.41, 5.74) is 5.93. The zero-order chi connectivity index (χ0) is 16.5. The van der Waals surface area contributed by atoms with E-state index in [4.69, 9.17) is 10.5 Å². The smallest absolute Gasteiger partial charge is 0.0991 e. The molecule has 0 bridgehead atoms. The van der Waals surface area contributed by atoms with Crippen molar-refractivity contribution in [3.05, 3.63) is 64.8 Å². The summed E-state index contributed by atoms with van der Waals surface area (Å²) in [6, 6.07) is 10.1. The molecule has 0 aromatic heterocycles. The highest BCUT2D eigenvalue weighted by molar-refractivity contribution is 5.66. The summed E-state index contributed by atoms with van der Waals surface area (Å²) in [4.78, 5) is 0. The molecule has 0 unspecified atom stereocenters. The van der Waals surface area contributed by atoms with Crippen LogP contribution in [0.25, 0.3) is 6.08 Å². The fourth-order valence-electron chi connectivity index (χ4n) is 2.32. The first kappa shape index (κ1) is 17.5. The molecule has 0 heterocycles. The van der Waals surface area contributed by atoms with E-state index in [1.165, 1.54) is 0 Å². The van der Waals surface area contributed by atoms with Crippen LogP contribution in [0.1, 0.15) is 49.8 Å². The van der Waals surface area contributed by atoms with Crippen molar-refractivity contribution in [2.24, 2.45) is 0 Å². The molecule has 112 valence electrons. The Balaban J connectivity index is 3.14. The maximum Gasteiger partial charge on any atom is 0.0991 e. The van der Waals surface area contributed by atoms with Crippen LogP contribution in [0.5, 0.6) is 0 Å². The Morgan fingerprint density at radius 3 is 2.55 bits per heavy atom. The second-order valence-corrected chi connectivity index (χ2v) is 5.33. The van der Waals surface area contributed by atoms with Crippen molar-refractivity contribution >= 4 is 6.08 Å². The highest BCUT2D eigenvalue weighted by Gasteiger charge is 2.07. The van der Waals surface area contributed by atoms with Crippen molar-refractivity contribution in [3.63, 3.8) is 0 Å². The van der Waals surface area contributed by atoms with Crippen LogP contribution >= 0.6 is 0 Å². The Morgan fingerprint density at radius 1 is 1.27 bits per heavy atom. The van der Waals surface area contributed by atoms with Crippen molar-refractivity contribution in [1.82, 2.24) is 0 Å². The van der Waals surface area contributed by atoms with Gasteiger partial charge in [-0.3, -0.25) is 0 Å². The lowest BCUT2D eigenvalue weighted by atomic mass is 9.92. The third-order valence-corrected chi connectivity index (χ3v) is 3.56. The van der Waals surface area contributed by atoms with E-state index >= 15 is 0 Å². The van der Waals surface area contributed by atoms with Gasteiger partial charge in [-0.15, -0.1) is 0 Å². The summed E-state index contributed by atoms with van der Waals surface area (Å²) >= 11 is 0. The van der Waals surface area contributed by atoms with E-state index in [1.54, 1.807) is 0 Å². The van der Waals surface area contributed by atoms with Gasteiger partial charge in [-0.1, -0.05) is 31.7 Å². The Kier molecular flexibility index (Phi) is 6.87. The maximum atomic E-state index is 9.01. The Labute approximate surface area is 133 Å². The van der Waals surface area contributed by atoms with Crippen molar-refractivity contribution in [2.75, 3.05) is 0 Å². The van der Waals surface area contributed by atoms with Gasteiger partial charge in [0.2, 0.25) is 0 Å². The van der Waals surface area contributed by atoms with Gasteiger partial charge in [-0.25, -0.2) is 0 Å². The monoisotopic (exact) mass is 290 g/mol. The van der Waals surface area contributed by atoms with Crippen LogP contribution in [0, 0.1) is 22.7 Å². The maximum absolute atomic E-state index is 9.01. The molecule has 0 aliphatic rings. The Hall–Kier alpha value is -2.58. The molecule has 1 aromatic rings. The average Bonchev–Trinajstić information content (AvgIpc) is 2.52. The van der Waals surface area contributed by atoms with Gasteiger partial charge in [0.1, 0.15) is 0 Å². The van der Waals surface area contributed by atoms with E-state index < -0.39 is 0 Å². The molecule has 0 atom stereocenters. The minimum absolute atomic E-state index is 0.541. The van der Waals surface area contributed by atoms with Crippen LogP contribution in [-0.4, -0.2) is 0 Å². The second kappa shape index (κ2) is 8.65. The SMILES string of the molecule is C=C(C)/C(=C\c1ccc(C#N)cc1CC)C(=C)CCCC#N.